The van der Waals surface area contributed by atoms with Gasteiger partial charge in [-0.05, 0) is 58.5 Å². The molecule has 2 aliphatic rings. The molecule has 0 aliphatic carbocycles. The Morgan fingerprint density at radius 2 is 1.61 bits per heavy atom. The maximum atomic E-state index is 13.0. The first-order valence-corrected chi connectivity index (χ1v) is 14.6. The van der Waals surface area contributed by atoms with E-state index in [1.807, 2.05) is 36.4 Å². The monoisotopic (exact) mass is 604 g/mol. The SMILES string of the molecule is COc1cc(CC(=O)Nc2cccc(-c3ccc4c(c3)C(C(C)(C)C)OC3(CCN(C(=O)O)CC3)O4)c2)cc(OC)c1OC. The second kappa shape index (κ2) is 12.3. The van der Waals surface area contributed by atoms with E-state index in [9.17, 15) is 14.7 Å². The first kappa shape index (κ1) is 31.0. The van der Waals surface area contributed by atoms with Crippen molar-refractivity contribution in [3.63, 3.8) is 0 Å². The molecule has 0 bridgehead atoms. The number of ether oxygens (including phenoxy) is 5. The van der Waals surface area contributed by atoms with Gasteiger partial charge < -0.3 is 39.0 Å². The second-order valence-corrected chi connectivity index (χ2v) is 12.2. The van der Waals surface area contributed by atoms with Crippen LogP contribution in [0.15, 0.2) is 54.6 Å². The van der Waals surface area contributed by atoms with Gasteiger partial charge in [-0.2, -0.15) is 0 Å². The number of carbonyl (C=O) groups is 2. The van der Waals surface area contributed by atoms with E-state index in [1.54, 1.807) is 12.1 Å². The summed E-state index contributed by atoms with van der Waals surface area (Å²) in [6.45, 7) is 7.10. The number of carbonyl (C=O) groups excluding carboxylic acids is 1. The van der Waals surface area contributed by atoms with Crippen LogP contribution in [0.4, 0.5) is 10.5 Å². The van der Waals surface area contributed by atoms with Gasteiger partial charge in [-0.3, -0.25) is 4.79 Å². The van der Waals surface area contributed by atoms with Crippen molar-refractivity contribution in [2.75, 3.05) is 39.7 Å². The highest BCUT2D eigenvalue weighted by atomic mass is 16.7. The number of anilines is 1. The normalized spacial score (nSPS) is 17.3. The third-order valence-electron chi connectivity index (χ3n) is 8.07. The lowest BCUT2D eigenvalue weighted by Gasteiger charge is -2.49. The summed E-state index contributed by atoms with van der Waals surface area (Å²) in [5, 5.41) is 12.4. The lowest BCUT2D eigenvalue weighted by atomic mass is 9.82. The number of hydrogen-bond donors (Lipinski definition) is 2. The molecule has 1 spiro atoms. The Morgan fingerprint density at radius 1 is 0.955 bits per heavy atom. The zero-order valence-electron chi connectivity index (χ0n) is 26.1. The molecule has 3 aromatic carbocycles. The predicted octanol–water partition coefficient (Wildman–Crippen LogP) is 6.53. The fourth-order valence-electron chi connectivity index (χ4n) is 5.84. The molecular weight excluding hydrogens is 564 g/mol. The van der Waals surface area contributed by atoms with Crippen LogP contribution in [-0.4, -0.2) is 62.2 Å². The number of nitrogens with zero attached hydrogens (tertiary/aromatic N) is 1. The summed E-state index contributed by atoms with van der Waals surface area (Å²) in [6, 6.07) is 17.3. The summed E-state index contributed by atoms with van der Waals surface area (Å²) in [5.41, 5.74) is 3.99. The molecule has 44 heavy (non-hydrogen) atoms. The van der Waals surface area contributed by atoms with Crippen molar-refractivity contribution < 1.29 is 38.4 Å². The minimum atomic E-state index is -0.923. The van der Waals surface area contributed by atoms with E-state index >= 15 is 0 Å². The van der Waals surface area contributed by atoms with Crippen molar-refractivity contribution in [3.05, 3.63) is 65.7 Å². The van der Waals surface area contributed by atoms with Crippen LogP contribution in [0.25, 0.3) is 11.1 Å². The standard InChI is InChI=1S/C34H40N2O8/c1-33(2,3)31-25-20-23(10-11-26(25)43-34(44-31)12-14-36(15-13-34)32(38)39)22-8-7-9-24(19-22)35-29(37)18-21-16-27(40-4)30(42-6)28(17-21)41-5/h7-11,16-17,19-20,31H,12-15,18H2,1-6H3,(H,35,37)(H,38,39). The molecule has 10 nitrogen and oxygen atoms in total. The van der Waals surface area contributed by atoms with Crippen molar-refractivity contribution in [3.8, 4) is 34.1 Å². The smallest absolute Gasteiger partial charge is 0.407 e. The summed E-state index contributed by atoms with van der Waals surface area (Å²) in [7, 11) is 4.62. The summed E-state index contributed by atoms with van der Waals surface area (Å²) >= 11 is 0. The van der Waals surface area contributed by atoms with E-state index in [-0.39, 0.29) is 23.8 Å². The number of methoxy groups -OCH3 is 3. The molecule has 1 saturated heterocycles. The molecule has 3 aromatic rings. The van der Waals surface area contributed by atoms with Crippen LogP contribution in [0.3, 0.4) is 0 Å². The zero-order chi connectivity index (χ0) is 31.6. The largest absolute Gasteiger partial charge is 0.493 e. The Balaban J connectivity index is 1.36. The zero-order valence-corrected chi connectivity index (χ0v) is 26.1. The van der Waals surface area contributed by atoms with Gasteiger partial charge in [-0.15, -0.1) is 0 Å². The van der Waals surface area contributed by atoms with Crippen molar-refractivity contribution in [1.82, 2.24) is 4.90 Å². The highest BCUT2D eigenvalue weighted by Crippen LogP contribution is 2.50. The Bertz CT molecular complexity index is 1510. The van der Waals surface area contributed by atoms with Crippen LogP contribution in [0.1, 0.15) is 50.8 Å². The molecule has 2 amide bonds. The maximum Gasteiger partial charge on any atom is 0.407 e. The minimum absolute atomic E-state index is 0.119. The van der Waals surface area contributed by atoms with Gasteiger partial charge in [0.25, 0.3) is 0 Å². The number of carboxylic acid groups (broad SMARTS) is 1. The topological polar surface area (TPSA) is 116 Å². The molecule has 0 aromatic heterocycles. The average molecular weight is 605 g/mol. The Morgan fingerprint density at radius 3 is 2.20 bits per heavy atom. The Hall–Kier alpha value is -4.44. The molecule has 2 aliphatic heterocycles. The molecule has 2 N–H and O–H groups in total. The third-order valence-corrected chi connectivity index (χ3v) is 8.07. The van der Waals surface area contributed by atoms with E-state index in [0.29, 0.717) is 48.9 Å². The fourth-order valence-corrected chi connectivity index (χ4v) is 5.84. The minimum Gasteiger partial charge on any atom is -0.493 e. The molecule has 234 valence electrons. The maximum absolute atomic E-state index is 13.0. The van der Waals surface area contributed by atoms with Gasteiger partial charge in [0.05, 0.1) is 33.9 Å². The molecule has 1 fully saturated rings. The van der Waals surface area contributed by atoms with E-state index in [2.05, 4.69) is 32.2 Å². The highest BCUT2D eigenvalue weighted by Gasteiger charge is 2.48. The van der Waals surface area contributed by atoms with Crippen LogP contribution in [0.5, 0.6) is 23.0 Å². The van der Waals surface area contributed by atoms with Crippen LogP contribution in [-0.2, 0) is 16.0 Å². The lowest BCUT2D eigenvalue weighted by Crippen LogP contribution is -2.54. The number of fused-ring (bicyclic) bond motifs is 1. The van der Waals surface area contributed by atoms with Crippen LogP contribution in [0.2, 0.25) is 0 Å². The van der Waals surface area contributed by atoms with E-state index in [0.717, 1.165) is 28.0 Å². The fraction of sp³-hybridized carbons (Fsp3) is 0.412. The number of piperidine rings is 1. The van der Waals surface area contributed by atoms with Crippen molar-refractivity contribution in [2.24, 2.45) is 5.41 Å². The van der Waals surface area contributed by atoms with Crippen molar-refractivity contribution in [1.29, 1.82) is 0 Å². The summed E-state index contributed by atoms with van der Waals surface area (Å²) in [5.74, 6) is 1.15. The number of benzene rings is 3. The van der Waals surface area contributed by atoms with Crippen molar-refractivity contribution >= 4 is 17.7 Å². The number of rotatable bonds is 7. The first-order chi connectivity index (χ1) is 20.9. The highest BCUT2D eigenvalue weighted by molar-refractivity contribution is 5.93. The molecule has 1 unspecified atom stereocenters. The van der Waals surface area contributed by atoms with Gasteiger partial charge in [-0.1, -0.05) is 39.0 Å². The van der Waals surface area contributed by atoms with Crippen LogP contribution >= 0.6 is 0 Å². The van der Waals surface area contributed by atoms with E-state index in [1.165, 1.54) is 26.2 Å². The van der Waals surface area contributed by atoms with Gasteiger partial charge in [0, 0.05) is 37.2 Å². The first-order valence-electron chi connectivity index (χ1n) is 14.6. The van der Waals surface area contributed by atoms with Gasteiger partial charge in [0.1, 0.15) is 5.75 Å². The second-order valence-electron chi connectivity index (χ2n) is 12.2. The number of nitrogens with one attached hydrogen (secondary N) is 1. The summed E-state index contributed by atoms with van der Waals surface area (Å²) in [4.78, 5) is 25.9. The van der Waals surface area contributed by atoms with E-state index in [4.69, 9.17) is 23.7 Å². The predicted molar refractivity (Wildman–Crippen MR) is 166 cm³/mol. The molecule has 0 saturated carbocycles. The molecule has 5 rings (SSSR count). The molecular formula is C34H40N2O8. The summed E-state index contributed by atoms with van der Waals surface area (Å²) < 4.78 is 29.4. The average Bonchev–Trinajstić information content (AvgIpc) is 2.99. The van der Waals surface area contributed by atoms with E-state index < -0.39 is 11.9 Å². The van der Waals surface area contributed by atoms with Gasteiger partial charge in [0.2, 0.25) is 17.4 Å². The van der Waals surface area contributed by atoms with Gasteiger partial charge in [0.15, 0.2) is 11.5 Å². The quantitative estimate of drug-likeness (QED) is 0.313. The van der Waals surface area contributed by atoms with Crippen LogP contribution in [0, 0.1) is 5.41 Å². The Labute approximate surface area is 257 Å². The van der Waals surface area contributed by atoms with Gasteiger partial charge >= 0.3 is 6.09 Å². The number of likely N-dealkylation sites (tertiary alicyclic amines) is 1. The van der Waals surface area contributed by atoms with Gasteiger partial charge in [-0.25, -0.2) is 4.79 Å². The molecule has 0 radical (unpaired) electrons. The van der Waals surface area contributed by atoms with Crippen LogP contribution < -0.4 is 24.3 Å². The summed E-state index contributed by atoms with van der Waals surface area (Å²) in [6.07, 6.45) is -0.139. The van der Waals surface area contributed by atoms with Crippen molar-refractivity contribution in [2.45, 2.75) is 51.9 Å². The number of amides is 2. The molecule has 2 heterocycles. The lowest BCUT2D eigenvalue weighted by molar-refractivity contribution is -0.266. The Kier molecular flexibility index (Phi) is 8.65. The number of hydrogen-bond acceptors (Lipinski definition) is 7. The molecule has 1 atom stereocenters. The third kappa shape index (κ3) is 6.40. The molecule has 10 heteroatoms.